The smallest absolute Gasteiger partial charge is 0.0988 e. The molecule has 220 valence electrons. The van der Waals surface area contributed by atoms with E-state index in [0.717, 1.165) is 12.0 Å². The maximum atomic E-state index is 9.37. The van der Waals surface area contributed by atoms with E-state index in [-0.39, 0.29) is 6.04 Å². The van der Waals surface area contributed by atoms with Crippen LogP contribution < -0.4 is 0 Å². The summed E-state index contributed by atoms with van der Waals surface area (Å²) in [6.07, 6.45) is 6.98. The summed E-state index contributed by atoms with van der Waals surface area (Å²) in [7, 11) is 0. The van der Waals surface area contributed by atoms with Gasteiger partial charge in [-0.25, -0.2) is 0 Å². The summed E-state index contributed by atoms with van der Waals surface area (Å²) in [4.78, 5) is 0. The number of allylic oxidation sites excluding steroid dienone is 4. The van der Waals surface area contributed by atoms with E-state index in [1.165, 1.54) is 80.6 Å². The number of hydrogen-bond donors (Lipinski definition) is 0. The summed E-state index contributed by atoms with van der Waals surface area (Å²) in [6, 6.07) is 49.2. The van der Waals surface area contributed by atoms with Crippen LogP contribution in [0, 0.1) is 11.3 Å². The lowest BCUT2D eigenvalue weighted by Gasteiger charge is -2.19. The van der Waals surface area contributed by atoms with Crippen molar-refractivity contribution in [2.45, 2.75) is 12.5 Å². The van der Waals surface area contributed by atoms with Gasteiger partial charge in [0.25, 0.3) is 0 Å². The highest BCUT2D eigenvalue weighted by molar-refractivity contribution is 7.26. The molecule has 0 N–H and O–H groups in total. The maximum Gasteiger partial charge on any atom is 0.0988 e. The Labute approximate surface area is 275 Å². The van der Waals surface area contributed by atoms with Gasteiger partial charge < -0.3 is 9.13 Å². The lowest BCUT2D eigenvalue weighted by Crippen LogP contribution is -2.07. The fourth-order valence-corrected chi connectivity index (χ4v) is 8.95. The van der Waals surface area contributed by atoms with Gasteiger partial charge in [0.15, 0.2) is 0 Å². The molecule has 3 heterocycles. The van der Waals surface area contributed by atoms with Crippen molar-refractivity contribution in [1.29, 1.82) is 5.26 Å². The number of nitriles is 1. The molecule has 0 spiro atoms. The lowest BCUT2D eigenvalue weighted by molar-refractivity contribution is 0.646. The number of nitrogens with zero attached hydrogens (tertiary/aromatic N) is 3. The Morgan fingerprint density at radius 1 is 0.596 bits per heavy atom. The van der Waals surface area contributed by atoms with E-state index in [2.05, 4.69) is 149 Å². The molecule has 0 radical (unpaired) electrons. The molecule has 0 aliphatic heterocycles. The number of para-hydroxylation sites is 2. The molecule has 0 saturated heterocycles. The summed E-state index contributed by atoms with van der Waals surface area (Å²) in [6.45, 7) is 0. The van der Waals surface area contributed by atoms with Crippen LogP contribution in [0.25, 0.3) is 80.6 Å². The average Bonchev–Trinajstić information content (AvgIpc) is 3.79. The van der Waals surface area contributed by atoms with Crippen molar-refractivity contribution in [3.63, 3.8) is 0 Å². The van der Waals surface area contributed by atoms with Crippen molar-refractivity contribution >= 4 is 75.1 Å². The molecule has 1 aliphatic rings. The molecule has 4 heteroatoms. The third-order valence-corrected chi connectivity index (χ3v) is 11.1. The molecule has 0 amide bonds. The number of fused-ring (bicyclic) bond motifs is 9. The third kappa shape index (κ3) is 3.84. The molecular formula is C43H27N3S. The summed E-state index contributed by atoms with van der Waals surface area (Å²) >= 11 is 1.87. The van der Waals surface area contributed by atoms with Crippen LogP contribution in [0.15, 0.2) is 151 Å². The monoisotopic (exact) mass is 617 g/mol. The Kier molecular flexibility index (Phi) is 5.64. The highest BCUT2D eigenvalue weighted by Gasteiger charge is 2.20. The molecule has 9 aromatic rings. The van der Waals surface area contributed by atoms with Gasteiger partial charge in [-0.2, -0.15) is 5.26 Å². The molecule has 6 aromatic carbocycles. The van der Waals surface area contributed by atoms with E-state index in [0.29, 0.717) is 0 Å². The van der Waals surface area contributed by atoms with Gasteiger partial charge in [0.2, 0.25) is 0 Å². The predicted octanol–water partition coefficient (Wildman–Crippen LogP) is 11.9. The van der Waals surface area contributed by atoms with Gasteiger partial charge in [0, 0.05) is 53.6 Å². The number of benzene rings is 6. The number of aromatic nitrogens is 2. The van der Waals surface area contributed by atoms with Crippen LogP contribution in [-0.4, -0.2) is 9.13 Å². The van der Waals surface area contributed by atoms with Crippen molar-refractivity contribution in [2.75, 3.05) is 0 Å². The molecule has 0 saturated carbocycles. The van der Waals surface area contributed by atoms with Gasteiger partial charge in [-0.15, -0.1) is 11.3 Å². The van der Waals surface area contributed by atoms with E-state index < -0.39 is 0 Å². The zero-order chi connectivity index (χ0) is 31.1. The second-order valence-electron chi connectivity index (χ2n) is 12.4. The molecule has 1 unspecified atom stereocenters. The normalized spacial score (nSPS) is 15.0. The molecule has 3 nitrogen and oxygen atoms in total. The van der Waals surface area contributed by atoms with Gasteiger partial charge in [-0.05, 0) is 72.2 Å². The number of rotatable bonds is 3. The maximum absolute atomic E-state index is 9.37. The molecule has 47 heavy (non-hydrogen) atoms. The Hall–Kier alpha value is -5.89. The Balaban J connectivity index is 1.16. The standard InChI is InChI=1S/C43H27N3S/c44-26-27-16-20-30(21-17-27)45-37-12-4-1-8-31(37)35-24-28(18-22-39(35)45)29-19-23-40-36(25-29)32-9-2-5-13-38(32)46(40)41-14-7-11-34-33-10-3-6-15-42(33)47-43(34)41/h1-20,22-25,30H,21H2. The van der Waals surface area contributed by atoms with Gasteiger partial charge in [0.05, 0.1) is 33.5 Å². The van der Waals surface area contributed by atoms with Gasteiger partial charge in [0.1, 0.15) is 0 Å². The number of hydrogen-bond acceptors (Lipinski definition) is 2. The average molecular weight is 618 g/mol. The Morgan fingerprint density at radius 2 is 1.21 bits per heavy atom. The van der Waals surface area contributed by atoms with Crippen molar-refractivity contribution in [1.82, 2.24) is 9.13 Å². The molecule has 0 fully saturated rings. The fourth-order valence-electron chi connectivity index (χ4n) is 7.74. The van der Waals surface area contributed by atoms with Crippen molar-refractivity contribution < 1.29 is 0 Å². The van der Waals surface area contributed by atoms with Crippen molar-refractivity contribution in [3.05, 3.63) is 151 Å². The first-order valence-electron chi connectivity index (χ1n) is 16.0. The first-order chi connectivity index (χ1) is 23.3. The van der Waals surface area contributed by atoms with Crippen LogP contribution >= 0.6 is 11.3 Å². The SMILES string of the molecule is N#CC1=CCC(n2c3ccccc3c3cc(-c4ccc5c(c4)c4ccccc4n5-c4cccc5c4sc4ccccc45)ccc32)C=C1. The fraction of sp³-hybridized carbons (Fsp3) is 0.0465. The molecule has 1 aliphatic carbocycles. The molecule has 3 aromatic heterocycles. The molecule has 0 bridgehead atoms. The van der Waals surface area contributed by atoms with Crippen molar-refractivity contribution in [2.24, 2.45) is 0 Å². The Morgan fingerprint density at radius 3 is 1.98 bits per heavy atom. The predicted molar refractivity (Wildman–Crippen MR) is 199 cm³/mol. The summed E-state index contributed by atoms with van der Waals surface area (Å²) in [5, 5.41) is 17.0. The van der Waals surface area contributed by atoms with E-state index in [1.807, 2.05) is 23.5 Å². The van der Waals surface area contributed by atoms with Crippen LogP contribution in [0.1, 0.15) is 12.5 Å². The van der Waals surface area contributed by atoms with Crippen molar-refractivity contribution in [3.8, 4) is 22.9 Å². The molecular weight excluding hydrogens is 591 g/mol. The summed E-state index contributed by atoms with van der Waals surface area (Å²) in [5.74, 6) is 0. The van der Waals surface area contributed by atoms with Crippen LogP contribution in [-0.2, 0) is 0 Å². The van der Waals surface area contributed by atoms with Crippen LogP contribution in [0.3, 0.4) is 0 Å². The zero-order valence-electron chi connectivity index (χ0n) is 25.4. The first-order valence-corrected chi connectivity index (χ1v) is 16.8. The highest BCUT2D eigenvalue weighted by Crippen LogP contribution is 2.42. The Bertz CT molecular complexity index is 2850. The van der Waals surface area contributed by atoms with Gasteiger partial charge in [-0.1, -0.05) is 91.0 Å². The van der Waals surface area contributed by atoms with Crippen LogP contribution in [0.5, 0.6) is 0 Å². The topological polar surface area (TPSA) is 33.6 Å². The number of thiophene rings is 1. The van der Waals surface area contributed by atoms with Crippen LogP contribution in [0.2, 0.25) is 0 Å². The minimum atomic E-state index is 0.174. The minimum absolute atomic E-state index is 0.174. The van der Waals surface area contributed by atoms with Crippen LogP contribution in [0.4, 0.5) is 0 Å². The quantitative estimate of drug-likeness (QED) is 0.194. The summed E-state index contributed by atoms with van der Waals surface area (Å²) in [5.41, 5.74) is 9.25. The second-order valence-corrected chi connectivity index (χ2v) is 13.4. The first kappa shape index (κ1) is 26.3. The zero-order valence-corrected chi connectivity index (χ0v) is 26.2. The minimum Gasteiger partial charge on any atom is -0.333 e. The second kappa shape index (κ2) is 10.1. The van der Waals surface area contributed by atoms with E-state index in [9.17, 15) is 5.26 Å². The van der Waals surface area contributed by atoms with E-state index in [4.69, 9.17) is 0 Å². The third-order valence-electron chi connectivity index (χ3n) is 9.88. The highest BCUT2D eigenvalue weighted by atomic mass is 32.1. The van der Waals surface area contributed by atoms with E-state index >= 15 is 0 Å². The summed E-state index contributed by atoms with van der Waals surface area (Å²) < 4.78 is 7.51. The lowest BCUT2D eigenvalue weighted by atomic mass is 10.0. The largest absolute Gasteiger partial charge is 0.333 e. The molecule has 10 rings (SSSR count). The molecule has 1 atom stereocenters. The van der Waals surface area contributed by atoms with Gasteiger partial charge >= 0.3 is 0 Å². The van der Waals surface area contributed by atoms with Gasteiger partial charge in [-0.3, -0.25) is 0 Å². The van der Waals surface area contributed by atoms with E-state index in [1.54, 1.807) is 0 Å².